The van der Waals surface area contributed by atoms with E-state index in [1.807, 2.05) is 11.4 Å². The van der Waals surface area contributed by atoms with Gasteiger partial charge in [-0.15, -0.1) is 11.3 Å². The Morgan fingerprint density at radius 1 is 1.35 bits per heavy atom. The topological polar surface area (TPSA) is 82.9 Å². The maximum absolute atomic E-state index is 11.9. The zero-order valence-electron chi connectivity index (χ0n) is 12.2. The Balaban J connectivity index is 1.71. The molecule has 9 heteroatoms. The van der Waals surface area contributed by atoms with Crippen molar-refractivity contribution in [2.75, 3.05) is 0 Å². The number of halogens is 1. The van der Waals surface area contributed by atoms with Crippen LogP contribution in [0.2, 0.25) is 5.02 Å². The number of nitrogens with zero attached hydrogens (tertiary/aromatic N) is 4. The maximum atomic E-state index is 11.9. The lowest BCUT2D eigenvalue weighted by Gasteiger charge is -2.02. The third-order valence-electron chi connectivity index (χ3n) is 3.26. The number of rotatable bonds is 5. The summed E-state index contributed by atoms with van der Waals surface area (Å²) in [5.41, 5.74) is -0.827. The first-order chi connectivity index (χ1) is 11.0. The first-order valence-electron chi connectivity index (χ1n) is 6.84. The average Bonchev–Trinajstić information content (AvgIpc) is 3.14. The van der Waals surface area contributed by atoms with Gasteiger partial charge in [0, 0.05) is 36.0 Å². The van der Waals surface area contributed by atoms with Crippen LogP contribution in [0.25, 0.3) is 0 Å². The normalized spacial score (nSPS) is 11.0. The minimum absolute atomic E-state index is 0.0375. The highest BCUT2D eigenvalue weighted by Gasteiger charge is 2.11. The molecule has 3 aromatic rings. The molecule has 0 saturated carbocycles. The quantitative estimate of drug-likeness (QED) is 0.694. The van der Waals surface area contributed by atoms with Gasteiger partial charge in [-0.2, -0.15) is 4.98 Å². The Hall–Kier alpha value is -2.19. The number of aryl methyl sites for hydroxylation is 3. The summed E-state index contributed by atoms with van der Waals surface area (Å²) < 4.78 is 7.49. The Kier molecular flexibility index (Phi) is 4.44. The molecule has 0 unspecified atom stereocenters. The fourth-order valence-electron chi connectivity index (χ4n) is 2.07. The molecule has 0 atom stereocenters. The van der Waals surface area contributed by atoms with Gasteiger partial charge in [-0.25, -0.2) is 4.79 Å². The monoisotopic (exact) mass is 352 g/mol. The summed E-state index contributed by atoms with van der Waals surface area (Å²) in [5.74, 6) is 0.764. The van der Waals surface area contributed by atoms with Gasteiger partial charge in [0.2, 0.25) is 5.89 Å². The predicted octanol–water partition coefficient (Wildman–Crippen LogP) is 1.48. The van der Waals surface area contributed by atoms with E-state index in [0.717, 1.165) is 20.9 Å². The van der Waals surface area contributed by atoms with Crippen LogP contribution in [0.15, 0.2) is 37.8 Å². The van der Waals surface area contributed by atoms with Crippen LogP contribution in [0.5, 0.6) is 0 Å². The SMILES string of the molecule is Cn1ccc(=O)n(Cc2nc(CCc3cc(Cl)cs3)no2)c1=O. The van der Waals surface area contributed by atoms with Crippen LogP contribution in [0.1, 0.15) is 16.6 Å². The number of hydrogen-bond donors (Lipinski definition) is 0. The molecule has 0 radical (unpaired) electrons. The molecule has 3 rings (SSSR count). The maximum Gasteiger partial charge on any atom is 0.331 e. The molecule has 0 aliphatic carbocycles. The van der Waals surface area contributed by atoms with Gasteiger partial charge in [-0.05, 0) is 12.5 Å². The van der Waals surface area contributed by atoms with E-state index < -0.39 is 11.2 Å². The molecular formula is C14H13ClN4O3S. The summed E-state index contributed by atoms with van der Waals surface area (Å²) in [4.78, 5) is 29.1. The van der Waals surface area contributed by atoms with Gasteiger partial charge < -0.3 is 9.09 Å². The number of hydrogen-bond acceptors (Lipinski definition) is 6. The van der Waals surface area contributed by atoms with Crippen molar-refractivity contribution < 1.29 is 4.52 Å². The molecule has 0 N–H and O–H groups in total. The lowest BCUT2D eigenvalue weighted by atomic mass is 10.2. The van der Waals surface area contributed by atoms with Crippen molar-refractivity contribution in [1.82, 2.24) is 19.3 Å². The van der Waals surface area contributed by atoms with E-state index in [0.29, 0.717) is 12.2 Å². The Bertz CT molecular complexity index is 940. The summed E-state index contributed by atoms with van der Waals surface area (Å²) >= 11 is 7.45. The van der Waals surface area contributed by atoms with Gasteiger partial charge in [0.25, 0.3) is 5.56 Å². The highest BCUT2D eigenvalue weighted by molar-refractivity contribution is 7.10. The summed E-state index contributed by atoms with van der Waals surface area (Å²) in [5, 5.41) is 6.47. The molecule has 23 heavy (non-hydrogen) atoms. The zero-order chi connectivity index (χ0) is 16.4. The van der Waals surface area contributed by atoms with E-state index >= 15 is 0 Å². The van der Waals surface area contributed by atoms with Gasteiger partial charge in [0.05, 0.1) is 5.02 Å². The number of aromatic nitrogens is 4. The second-order valence-electron chi connectivity index (χ2n) is 4.97. The van der Waals surface area contributed by atoms with Crippen LogP contribution in [0, 0.1) is 0 Å². The van der Waals surface area contributed by atoms with E-state index in [-0.39, 0.29) is 12.4 Å². The highest BCUT2D eigenvalue weighted by atomic mass is 35.5. The first kappa shape index (κ1) is 15.7. The Labute approximate surface area is 139 Å². The smallest absolute Gasteiger partial charge is 0.331 e. The van der Waals surface area contributed by atoms with E-state index in [2.05, 4.69) is 10.1 Å². The van der Waals surface area contributed by atoms with Crippen molar-refractivity contribution >= 4 is 22.9 Å². The lowest BCUT2D eigenvalue weighted by molar-refractivity contribution is 0.361. The van der Waals surface area contributed by atoms with Crippen molar-refractivity contribution in [3.8, 4) is 0 Å². The molecule has 0 fully saturated rings. The van der Waals surface area contributed by atoms with Crippen molar-refractivity contribution in [2.45, 2.75) is 19.4 Å². The molecular weight excluding hydrogens is 340 g/mol. The van der Waals surface area contributed by atoms with Crippen LogP contribution in [-0.4, -0.2) is 19.3 Å². The molecule has 0 aliphatic rings. The van der Waals surface area contributed by atoms with Crippen LogP contribution in [-0.2, 0) is 26.4 Å². The highest BCUT2D eigenvalue weighted by Crippen LogP contribution is 2.20. The molecule has 3 aromatic heterocycles. The second kappa shape index (κ2) is 6.51. The molecule has 3 heterocycles. The van der Waals surface area contributed by atoms with Crippen molar-refractivity contribution in [3.05, 3.63) is 66.2 Å². The lowest BCUT2D eigenvalue weighted by Crippen LogP contribution is -2.38. The Morgan fingerprint density at radius 3 is 2.91 bits per heavy atom. The molecule has 0 saturated heterocycles. The van der Waals surface area contributed by atoms with Gasteiger partial charge in [-0.3, -0.25) is 9.36 Å². The summed E-state index contributed by atoms with van der Waals surface area (Å²) in [6.45, 7) is -0.0375. The molecule has 0 aliphatic heterocycles. The van der Waals surface area contributed by atoms with Gasteiger partial charge >= 0.3 is 5.69 Å². The second-order valence-corrected chi connectivity index (χ2v) is 6.40. The molecule has 0 bridgehead atoms. The van der Waals surface area contributed by atoms with Crippen LogP contribution < -0.4 is 11.2 Å². The third-order valence-corrected chi connectivity index (χ3v) is 4.60. The summed E-state index contributed by atoms with van der Waals surface area (Å²) in [6, 6.07) is 3.22. The van der Waals surface area contributed by atoms with Gasteiger partial charge in [-0.1, -0.05) is 16.8 Å². The molecule has 120 valence electrons. The first-order valence-corrected chi connectivity index (χ1v) is 8.09. The minimum atomic E-state index is -0.425. The molecule has 7 nitrogen and oxygen atoms in total. The van der Waals surface area contributed by atoms with Gasteiger partial charge in [0.15, 0.2) is 5.82 Å². The van der Waals surface area contributed by atoms with E-state index in [9.17, 15) is 9.59 Å². The van der Waals surface area contributed by atoms with E-state index in [1.54, 1.807) is 18.4 Å². The van der Waals surface area contributed by atoms with E-state index in [4.69, 9.17) is 16.1 Å². The van der Waals surface area contributed by atoms with E-state index in [1.165, 1.54) is 16.8 Å². The fourth-order valence-corrected chi connectivity index (χ4v) is 3.15. The number of thiophene rings is 1. The Morgan fingerprint density at radius 2 is 2.17 bits per heavy atom. The molecule has 0 amide bonds. The van der Waals surface area contributed by atoms with Crippen molar-refractivity contribution in [1.29, 1.82) is 0 Å². The van der Waals surface area contributed by atoms with Gasteiger partial charge in [0.1, 0.15) is 6.54 Å². The largest absolute Gasteiger partial charge is 0.337 e. The standard InChI is InChI=1S/C14H13ClN4O3S/c1-18-5-4-13(20)19(14(18)21)7-12-16-11(17-22-12)3-2-10-6-9(15)8-23-10/h4-6,8H,2-3,7H2,1H3. The van der Waals surface area contributed by atoms with Crippen LogP contribution in [0.3, 0.4) is 0 Å². The average molecular weight is 353 g/mol. The minimum Gasteiger partial charge on any atom is -0.337 e. The summed E-state index contributed by atoms with van der Waals surface area (Å²) in [7, 11) is 1.57. The summed E-state index contributed by atoms with van der Waals surface area (Å²) in [6.07, 6.45) is 2.78. The zero-order valence-corrected chi connectivity index (χ0v) is 13.8. The predicted molar refractivity (Wildman–Crippen MR) is 86.1 cm³/mol. The molecule has 0 aromatic carbocycles. The third kappa shape index (κ3) is 3.59. The van der Waals surface area contributed by atoms with Crippen molar-refractivity contribution in [3.63, 3.8) is 0 Å². The van der Waals surface area contributed by atoms with Crippen LogP contribution >= 0.6 is 22.9 Å². The van der Waals surface area contributed by atoms with Crippen LogP contribution in [0.4, 0.5) is 0 Å². The molecule has 0 spiro atoms. The fraction of sp³-hybridized carbons (Fsp3) is 0.286. The van der Waals surface area contributed by atoms with Crippen molar-refractivity contribution in [2.24, 2.45) is 7.05 Å².